The quantitative estimate of drug-likeness (QED) is 0.686. The van der Waals surface area contributed by atoms with Gasteiger partial charge in [0.15, 0.2) is 5.78 Å². The molecular weight excluding hydrogens is 180 g/mol. The molecule has 0 radical (unpaired) electrons. The number of Topliss-reactive ketones (excluding diaryl/α,β-unsaturated/α-hetero) is 1. The highest BCUT2D eigenvalue weighted by atomic mass is 16.5. The van der Waals surface area contributed by atoms with E-state index < -0.39 is 0 Å². The van der Waals surface area contributed by atoms with Gasteiger partial charge in [0.05, 0.1) is 12.7 Å². The molecule has 0 aliphatic rings. The van der Waals surface area contributed by atoms with Crippen LogP contribution >= 0.6 is 0 Å². The molecule has 0 fully saturated rings. The van der Waals surface area contributed by atoms with E-state index in [1.165, 1.54) is 7.11 Å². The van der Waals surface area contributed by atoms with Gasteiger partial charge in [0, 0.05) is 7.11 Å². The summed E-state index contributed by atoms with van der Waals surface area (Å²) < 4.78 is 9.88. The lowest BCUT2D eigenvalue weighted by atomic mass is 10.1. The first kappa shape index (κ1) is 10.7. The maximum Gasteiger partial charge on any atom is 0.192 e. The molecule has 76 valence electrons. The molecule has 0 atom stereocenters. The number of carbonyl (C=O) groups excluding carboxylic acids is 1. The van der Waals surface area contributed by atoms with Crippen molar-refractivity contribution in [2.45, 2.75) is 6.92 Å². The van der Waals surface area contributed by atoms with Crippen LogP contribution < -0.4 is 4.74 Å². The third kappa shape index (κ3) is 2.33. The molecule has 3 nitrogen and oxygen atoms in total. The summed E-state index contributed by atoms with van der Waals surface area (Å²) in [5.41, 5.74) is 1.61. The van der Waals surface area contributed by atoms with Crippen molar-refractivity contribution in [2.75, 3.05) is 20.8 Å². The van der Waals surface area contributed by atoms with Crippen LogP contribution in [0.3, 0.4) is 0 Å². The van der Waals surface area contributed by atoms with E-state index in [1.807, 2.05) is 13.0 Å². The molecule has 0 spiro atoms. The summed E-state index contributed by atoms with van der Waals surface area (Å²) >= 11 is 0. The van der Waals surface area contributed by atoms with E-state index in [-0.39, 0.29) is 12.4 Å². The maximum atomic E-state index is 11.6. The summed E-state index contributed by atoms with van der Waals surface area (Å²) in [4.78, 5) is 11.6. The second-order valence-electron chi connectivity index (χ2n) is 3.06. The summed E-state index contributed by atoms with van der Waals surface area (Å²) in [5, 5.41) is 0. The van der Waals surface area contributed by atoms with Crippen LogP contribution in [-0.4, -0.2) is 26.6 Å². The number of ketones is 1. The number of methoxy groups -OCH3 is 2. The van der Waals surface area contributed by atoms with E-state index in [1.54, 1.807) is 19.2 Å². The van der Waals surface area contributed by atoms with E-state index in [0.29, 0.717) is 11.3 Å². The van der Waals surface area contributed by atoms with Gasteiger partial charge in [-0.3, -0.25) is 4.79 Å². The van der Waals surface area contributed by atoms with Gasteiger partial charge in [0.1, 0.15) is 12.4 Å². The van der Waals surface area contributed by atoms with Crippen molar-refractivity contribution in [3.05, 3.63) is 29.3 Å². The highest BCUT2D eigenvalue weighted by molar-refractivity contribution is 5.99. The van der Waals surface area contributed by atoms with Crippen molar-refractivity contribution in [1.29, 1.82) is 0 Å². The minimum atomic E-state index is -0.0620. The third-order valence-corrected chi connectivity index (χ3v) is 1.93. The molecule has 14 heavy (non-hydrogen) atoms. The molecule has 0 aliphatic heterocycles. The Hall–Kier alpha value is -1.35. The minimum absolute atomic E-state index is 0.0620. The van der Waals surface area contributed by atoms with Gasteiger partial charge >= 0.3 is 0 Å². The number of carbonyl (C=O) groups is 1. The molecule has 0 aliphatic carbocycles. The Bertz CT molecular complexity index is 331. The number of hydrogen-bond donors (Lipinski definition) is 0. The maximum absolute atomic E-state index is 11.6. The highest BCUT2D eigenvalue weighted by Gasteiger charge is 2.11. The summed E-state index contributed by atoms with van der Waals surface area (Å²) in [6.07, 6.45) is 0. The molecule has 1 rings (SSSR count). The first-order chi connectivity index (χ1) is 6.69. The molecule has 0 heterocycles. The molecule has 0 bridgehead atoms. The fraction of sp³-hybridized carbons (Fsp3) is 0.364. The smallest absolute Gasteiger partial charge is 0.192 e. The summed E-state index contributed by atoms with van der Waals surface area (Å²) in [6.45, 7) is 2.02. The molecule has 0 unspecified atom stereocenters. The molecular formula is C11H14O3. The third-order valence-electron chi connectivity index (χ3n) is 1.93. The number of hydrogen-bond acceptors (Lipinski definition) is 3. The Kier molecular flexibility index (Phi) is 3.65. The van der Waals surface area contributed by atoms with Gasteiger partial charge in [0.25, 0.3) is 0 Å². The average Bonchev–Trinajstić information content (AvgIpc) is 2.18. The van der Waals surface area contributed by atoms with Crippen LogP contribution in [-0.2, 0) is 4.74 Å². The number of benzene rings is 1. The largest absolute Gasteiger partial charge is 0.496 e. The summed E-state index contributed by atoms with van der Waals surface area (Å²) in [6, 6.07) is 5.50. The van der Waals surface area contributed by atoms with E-state index in [9.17, 15) is 4.79 Å². The number of rotatable bonds is 4. The van der Waals surface area contributed by atoms with Crippen molar-refractivity contribution in [3.63, 3.8) is 0 Å². The Morgan fingerprint density at radius 1 is 1.36 bits per heavy atom. The van der Waals surface area contributed by atoms with Gasteiger partial charge in [-0.15, -0.1) is 0 Å². The van der Waals surface area contributed by atoms with Crippen molar-refractivity contribution < 1.29 is 14.3 Å². The Balaban J connectivity index is 3.03. The summed E-state index contributed by atoms with van der Waals surface area (Å²) in [7, 11) is 3.05. The van der Waals surface area contributed by atoms with Crippen molar-refractivity contribution in [3.8, 4) is 5.75 Å². The molecule has 3 heteroatoms. The lowest BCUT2D eigenvalue weighted by molar-refractivity contribution is 0.0845. The van der Waals surface area contributed by atoms with E-state index in [4.69, 9.17) is 9.47 Å². The highest BCUT2D eigenvalue weighted by Crippen LogP contribution is 2.19. The van der Waals surface area contributed by atoms with Gasteiger partial charge in [0.2, 0.25) is 0 Å². The van der Waals surface area contributed by atoms with Gasteiger partial charge < -0.3 is 9.47 Å². The fourth-order valence-corrected chi connectivity index (χ4v) is 1.25. The van der Waals surface area contributed by atoms with Crippen molar-refractivity contribution >= 4 is 5.78 Å². The van der Waals surface area contributed by atoms with Gasteiger partial charge in [-0.25, -0.2) is 0 Å². The number of ether oxygens (including phenoxy) is 2. The van der Waals surface area contributed by atoms with Crippen LogP contribution in [0.1, 0.15) is 15.9 Å². The van der Waals surface area contributed by atoms with Crippen LogP contribution in [0.4, 0.5) is 0 Å². The van der Waals surface area contributed by atoms with E-state index in [0.717, 1.165) is 5.56 Å². The van der Waals surface area contributed by atoms with Crippen LogP contribution in [0.5, 0.6) is 5.75 Å². The topological polar surface area (TPSA) is 35.5 Å². The van der Waals surface area contributed by atoms with Crippen LogP contribution in [0.15, 0.2) is 18.2 Å². The minimum Gasteiger partial charge on any atom is -0.496 e. The second-order valence-corrected chi connectivity index (χ2v) is 3.06. The fourth-order valence-electron chi connectivity index (χ4n) is 1.25. The van der Waals surface area contributed by atoms with Crippen LogP contribution in [0.2, 0.25) is 0 Å². The Labute approximate surface area is 83.6 Å². The average molecular weight is 194 g/mol. The Morgan fingerprint density at radius 3 is 2.64 bits per heavy atom. The normalized spacial score (nSPS) is 9.93. The van der Waals surface area contributed by atoms with Crippen LogP contribution in [0, 0.1) is 6.92 Å². The van der Waals surface area contributed by atoms with Crippen molar-refractivity contribution in [2.24, 2.45) is 0 Å². The molecule has 0 saturated heterocycles. The van der Waals surface area contributed by atoms with Gasteiger partial charge in [-0.05, 0) is 19.1 Å². The zero-order valence-electron chi connectivity index (χ0n) is 8.66. The van der Waals surface area contributed by atoms with Gasteiger partial charge in [-0.1, -0.05) is 11.6 Å². The SMILES string of the molecule is COCC(=O)c1cc(C)ccc1OC. The Morgan fingerprint density at radius 2 is 2.07 bits per heavy atom. The lowest BCUT2D eigenvalue weighted by Gasteiger charge is -2.07. The zero-order valence-corrected chi connectivity index (χ0v) is 8.66. The first-order valence-electron chi connectivity index (χ1n) is 4.36. The van der Waals surface area contributed by atoms with E-state index in [2.05, 4.69) is 0 Å². The molecule has 0 aromatic heterocycles. The molecule has 0 N–H and O–H groups in total. The predicted octanol–water partition coefficient (Wildman–Crippen LogP) is 1.83. The predicted molar refractivity (Wildman–Crippen MR) is 53.9 cm³/mol. The second kappa shape index (κ2) is 4.77. The molecule has 0 amide bonds. The molecule has 1 aromatic carbocycles. The molecule has 0 saturated carbocycles. The zero-order chi connectivity index (χ0) is 10.6. The van der Waals surface area contributed by atoms with E-state index >= 15 is 0 Å². The standard InChI is InChI=1S/C11H14O3/c1-8-4-5-11(14-3)9(6-8)10(12)7-13-2/h4-6H,7H2,1-3H3. The monoisotopic (exact) mass is 194 g/mol. The number of aryl methyl sites for hydroxylation is 1. The lowest BCUT2D eigenvalue weighted by Crippen LogP contribution is -2.08. The first-order valence-corrected chi connectivity index (χ1v) is 4.36. The van der Waals surface area contributed by atoms with Crippen LogP contribution in [0.25, 0.3) is 0 Å². The van der Waals surface area contributed by atoms with Gasteiger partial charge in [-0.2, -0.15) is 0 Å². The van der Waals surface area contributed by atoms with Crippen molar-refractivity contribution in [1.82, 2.24) is 0 Å². The summed E-state index contributed by atoms with van der Waals surface area (Å²) in [5.74, 6) is 0.533. The molecule has 1 aromatic rings.